The zero-order valence-corrected chi connectivity index (χ0v) is 22.8. The van der Waals surface area contributed by atoms with E-state index >= 15 is 0 Å². The van der Waals surface area contributed by atoms with Crippen LogP contribution in [0.3, 0.4) is 0 Å². The van der Waals surface area contributed by atoms with E-state index in [-0.39, 0.29) is 12.4 Å². The summed E-state index contributed by atoms with van der Waals surface area (Å²) in [6.07, 6.45) is 10.7. The van der Waals surface area contributed by atoms with E-state index in [0.717, 1.165) is 50.7 Å². The molecular formula is C29H37ClN4OS. The molecule has 2 fully saturated rings. The lowest BCUT2D eigenvalue weighted by atomic mass is 9.83. The lowest BCUT2D eigenvalue weighted by Crippen LogP contribution is -2.30. The second kappa shape index (κ2) is 11.4. The van der Waals surface area contributed by atoms with Gasteiger partial charge >= 0.3 is 0 Å². The summed E-state index contributed by atoms with van der Waals surface area (Å²) >= 11 is 1.81. The summed E-state index contributed by atoms with van der Waals surface area (Å²) < 4.78 is 12.2. The van der Waals surface area contributed by atoms with Gasteiger partial charge in [0.15, 0.2) is 5.82 Å². The van der Waals surface area contributed by atoms with Gasteiger partial charge in [-0.05, 0) is 92.7 Å². The van der Waals surface area contributed by atoms with E-state index in [1.54, 1.807) is 0 Å². The molecule has 0 bridgehead atoms. The lowest BCUT2D eigenvalue weighted by molar-refractivity contribution is 0.215. The highest BCUT2D eigenvalue weighted by Gasteiger charge is 2.26. The van der Waals surface area contributed by atoms with Crippen molar-refractivity contribution < 1.29 is 4.74 Å². The number of aryl methyl sites for hydroxylation is 2. The highest BCUT2D eigenvalue weighted by Crippen LogP contribution is 2.39. The highest BCUT2D eigenvalue weighted by atomic mass is 35.5. The fraction of sp³-hybridized carbons (Fsp3) is 0.483. The van der Waals surface area contributed by atoms with Crippen LogP contribution in [0.15, 0.2) is 48.0 Å². The Balaban J connectivity index is 0.00000267. The molecule has 2 aliphatic rings. The Bertz CT molecular complexity index is 1260. The number of aromatic nitrogens is 3. The minimum Gasteiger partial charge on any atom is -0.493 e. The van der Waals surface area contributed by atoms with E-state index in [9.17, 15) is 0 Å². The summed E-state index contributed by atoms with van der Waals surface area (Å²) in [5.74, 6) is 3.48. The third kappa shape index (κ3) is 5.22. The summed E-state index contributed by atoms with van der Waals surface area (Å²) in [5.41, 5.74) is 5.34. The van der Waals surface area contributed by atoms with Gasteiger partial charge in [0.25, 0.3) is 0 Å². The number of piperidine rings is 1. The number of hydrogen-bond donors (Lipinski definition) is 1. The third-order valence-corrected chi connectivity index (χ3v) is 8.87. The minimum atomic E-state index is 0. The smallest absolute Gasteiger partial charge is 0.156 e. The molecule has 0 radical (unpaired) electrons. The second-order valence-electron chi connectivity index (χ2n) is 10.3. The molecule has 192 valence electrons. The number of thiophene rings is 1. The molecule has 4 aromatic rings. The SMILES string of the molecule is Cl.Cn1c(-c2ncc(C3CCC3)n2CCCc2ccc(OCC3CCNCC3)cc2)cc2sccc21. The topological polar surface area (TPSA) is 44.0 Å². The van der Waals surface area contributed by atoms with E-state index in [2.05, 4.69) is 69.5 Å². The van der Waals surface area contributed by atoms with E-state index in [4.69, 9.17) is 9.72 Å². The van der Waals surface area contributed by atoms with E-state index in [1.807, 2.05) is 11.3 Å². The Morgan fingerprint density at radius 3 is 2.61 bits per heavy atom. The molecule has 1 aliphatic carbocycles. The van der Waals surface area contributed by atoms with Crippen molar-refractivity contribution >= 4 is 34.0 Å². The van der Waals surface area contributed by atoms with Crippen molar-refractivity contribution in [3.8, 4) is 17.3 Å². The molecule has 1 saturated carbocycles. The number of rotatable bonds is 9. The molecule has 0 amide bonds. The molecule has 1 aromatic carbocycles. The molecule has 5 nitrogen and oxygen atoms in total. The average Bonchev–Trinajstić information content (AvgIpc) is 3.55. The number of hydrogen-bond acceptors (Lipinski definition) is 4. The number of imidazole rings is 1. The van der Waals surface area contributed by atoms with Gasteiger partial charge in [-0.25, -0.2) is 4.98 Å². The molecule has 6 rings (SSSR count). The second-order valence-corrected chi connectivity index (χ2v) is 11.2. The van der Waals surface area contributed by atoms with Gasteiger partial charge in [0.2, 0.25) is 0 Å². The Morgan fingerprint density at radius 1 is 1.08 bits per heavy atom. The summed E-state index contributed by atoms with van der Waals surface area (Å²) in [4.78, 5) is 4.95. The van der Waals surface area contributed by atoms with Crippen molar-refractivity contribution in [2.24, 2.45) is 13.0 Å². The van der Waals surface area contributed by atoms with Gasteiger partial charge in [-0.15, -0.1) is 23.7 Å². The van der Waals surface area contributed by atoms with E-state index < -0.39 is 0 Å². The molecule has 36 heavy (non-hydrogen) atoms. The van der Waals surface area contributed by atoms with Crippen molar-refractivity contribution in [3.05, 3.63) is 59.2 Å². The molecule has 1 N–H and O–H groups in total. The number of nitrogens with one attached hydrogen (secondary N) is 1. The largest absolute Gasteiger partial charge is 0.493 e. The molecule has 1 aliphatic heterocycles. The first-order valence-electron chi connectivity index (χ1n) is 13.3. The molecule has 0 spiro atoms. The molecular weight excluding hydrogens is 488 g/mol. The number of halogens is 1. The van der Waals surface area contributed by atoms with E-state index in [1.165, 1.54) is 59.3 Å². The maximum Gasteiger partial charge on any atom is 0.156 e. The van der Waals surface area contributed by atoms with Crippen LogP contribution in [0.2, 0.25) is 0 Å². The zero-order chi connectivity index (χ0) is 23.6. The van der Waals surface area contributed by atoms with Gasteiger partial charge in [0.05, 0.1) is 22.5 Å². The first-order chi connectivity index (χ1) is 17.3. The van der Waals surface area contributed by atoms with Gasteiger partial charge < -0.3 is 19.2 Å². The van der Waals surface area contributed by atoms with Crippen LogP contribution in [-0.2, 0) is 20.0 Å². The molecule has 7 heteroatoms. The molecule has 0 unspecified atom stereocenters. The number of benzene rings is 1. The van der Waals surface area contributed by atoms with Crippen molar-refractivity contribution in [2.75, 3.05) is 19.7 Å². The van der Waals surface area contributed by atoms with Crippen LogP contribution in [0.4, 0.5) is 0 Å². The zero-order valence-electron chi connectivity index (χ0n) is 21.1. The normalized spacial score (nSPS) is 16.7. The summed E-state index contributed by atoms with van der Waals surface area (Å²) in [6, 6.07) is 13.3. The first kappa shape index (κ1) is 25.4. The van der Waals surface area contributed by atoms with Gasteiger partial charge in [-0.3, -0.25) is 0 Å². The van der Waals surface area contributed by atoms with Gasteiger partial charge in [-0.1, -0.05) is 18.6 Å². The van der Waals surface area contributed by atoms with Crippen LogP contribution in [0.25, 0.3) is 21.7 Å². The first-order valence-corrected chi connectivity index (χ1v) is 14.2. The van der Waals surface area contributed by atoms with Gasteiger partial charge in [-0.2, -0.15) is 0 Å². The van der Waals surface area contributed by atoms with E-state index in [0.29, 0.717) is 11.8 Å². The maximum absolute atomic E-state index is 6.08. The van der Waals surface area contributed by atoms with Crippen molar-refractivity contribution in [1.29, 1.82) is 0 Å². The van der Waals surface area contributed by atoms with Crippen molar-refractivity contribution in [3.63, 3.8) is 0 Å². The monoisotopic (exact) mass is 524 g/mol. The Morgan fingerprint density at radius 2 is 1.89 bits per heavy atom. The average molecular weight is 525 g/mol. The number of ether oxygens (including phenoxy) is 1. The summed E-state index contributed by atoms with van der Waals surface area (Å²) in [5, 5.41) is 5.60. The standard InChI is InChI=1S/C29H36N4OS.ClH/c1-32-25-13-17-35-28(25)18-26(32)29-31-19-27(23-5-2-6-23)33(29)16-3-4-21-7-9-24(10-8-21)34-20-22-11-14-30-15-12-22;/h7-10,13,17-19,22-23,30H,2-6,11-12,14-16,20H2,1H3;1H. The van der Waals surface area contributed by atoms with Crippen LogP contribution in [0, 0.1) is 5.92 Å². The molecule has 1 saturated heterocycles. The summed E-state index contributed by atoms with van der Waals surface area (Å²) in [6.45, 7) is 4.09. The lowest BCUT2D eigenvalue weighted by Gasteiger charge is -2.27. The van der Waals surface area contributed by atoms with Crippen LogP contribution < -0.4 is 10.1 Å². The van der Waals surface area contributed by atoms with Crippen molar-refractivity contribution in [1.82, 2.24) is 19.4 Å². The fourth-order valence-corrected chi connectivity index (χ4v) is 6.43. The number of fused-ring (bicyclic) bond motifs is 1. The van der Waals surface area contributed by atoms with Crippen LogP contribution in [-0.4, -0.2) is 33.8 Å². The molecule has 0 atom stereocenters. The number of nitrogens with zero attached hydrogens (tertiary/aromatic N) is 3. The predicted molar refractivity (Wildman–Crippen MR) is 152 cm³/mol. The van der Waals surface area contributed by atoms with Crippen LogP contribution in [0.1, 0.15) is 55.7 Å². The Kier molecular flexibility index (Phi) is 8.04. The third-order valence-electron chi connectivity index (χ3n) is 8.02. The summed E-state index contributed by atoms with van der Waals surface area (Å²) in [7, 11) is 2.17. The van der Waals surface area contributed by atoms with Gasteiger partial charge in [0, 0.05) is 31.4 Å². The Hall–Kier alpha value is -2.28. The maximum atomic E-state index is 6.08. The predicted octanol–water partition coefficient (Wildman–Crippen LogP) is 6.80. The van der Waals surface area contributed by atoms with Crippen molar-refractivity contribution in [2.45, 2.75) is 57.4 Å². The Labute approximate surface area is 224 Å². The highest BCUT2D eigenvalue weighted by molar-refractivity contribution is 7.17. The quantitative estimate of drug-likeness (QED) is 0.262. The fourth-order valence-electron chi connectivity index (χ4n) is 5.58. The molecule has 4 heterocycles. The molecule has 3 aromatic heterocycles. The van der Waals surface area contributed by atoms with Gasteiger partial charge in [0.1, 0.15) is 5.75 Å². The minimum absolute atomic E-state index is 0. The van der Waals surface area contributed by atoms with Crippen LogP contribution >= 0.6 is 23.7 Å². The van der Waals surface area contributed by atoms with Crippen LogP contribution in [0.5, 0.6) is 5.75 Å².